The van der Waals surface area contributed by atoms with Crippen LogP contribution in [0.4, 0.5) is 5.82 Å². The lowest BCUT2D eigenvalue weighted by Gasteiger charge is -2.17. The Kier molecular flexibility index (Phi) is 5.64. The molecule has 5 rings (SSSR count). The van der Waals surface area contributed by atoms with Crippen LogP contribution in [0.25, 0.3) is 22.4 Å². The Bertz CT molecular complexity index is 1260. The maximum absolute atomic E-state index is 13.3. The predicted molar refractivity (Wildman–Crippen MR) is 129 cm³/mol. The normalized spacial score (nSPS) is 15.8. The van der Waals surface area contributed by atoms with Crippen molar-refractivity contribution in [2.24, 2.45) is 0 Å². The molecule has 0 unspecified atom stereocenters. The Labute approximate surface area is 192 Å². The van der Waals surface area contributed by atoms with Gasteiger partial charge in [-0.3, -0.25) is 4.79 Å². The van der Waals surface area contributed by atoms with Crippen molar-refractivity contribution in [3.63, 3.8) is 0 Å². The number of para-hydroxylation sites is 2. The third-order valence-electron chi connectivity index (χ3n) is 6.45. The molecule has 1 aliphatic heterocycles. The summed E-state index contributed by atoms with van der Waals surface area (Å²) < 4.78 is 13.3. The molecule has 4 aromatic rings. The smallest absolute Gasteiger partial charge is 0.256 e. The molecule has 0 aliphatic carbocycles. The number of amides is 1. The van der Waals surface area contributed by atoms with Gasteiger partial charge in [0.2, 0.25) is 0 Å². The number of carbonyl (C=O) groups is 1. The first-order chi connectivity index (χ1) is 16.0. The Morgan fingerprint density at radius 1 is 1.21 bits per heavy atom. The Morgan fingerprint density at radius 2 is 2.00 bits per heavy atom. The van der Waals surface area contributed by atoms with E-state index in [2.05, 4.69) is 28.7 Å². The van der Waals surface area contributed by atoms with Crippen LogP contribution < -0.4 is 10.1 Å². The SMILES string of the molecule is COc1ccc(C(=O)Nc2c(-c3nc4ccccc4[nH]3)c(C)c(C)n2C[C@H]2CCCO2)cc1. The van der Waals surface area contributed by atoms with E-state index >= 15 is 0 Å². The third-order valence-corrected chi connectivity index (χ3v) is 6.45. The molecule has 1 saturated heterocycles. The second-order valence-electron chi connectivity index (χ2n) is 8.46. The van der Waals surface area contributed by atoms with Crippen LogP contribution >= 0.6 is 0 Å². The zero-order valence-corrected chi connectivity index (χ0v) is 19.1. The van der Waals surface area contributed by atoms with E-state index in [1.165, 1.54) is 0 Å². The molecule has 2 aromatic heterocycles. The highest BCUT2D eigenvalue weighted by Gasteiger charge is 2.26. The maximum Gasteiger partial charge on any atom is 0.256 e. The summed E-state index contributed by atoms with van der Waals surface area (Å²) in [6.45, 7) is 5.63. The van der Waals surface area contributed by atoms with Gasteiger partial charge in [0, 0.05) is 17.9 Å². The molecule has 1 fully saturated rings. The number of H-pyrrole nitrogens is 1. The first-order valence-electron chi connectivity index (χ1n) is 11.3. The Morgan fingerprint density at radius 3 is 2.70 bits per heavy atom. The summed E-state index contributed by atoms with van der Waals surface area (Å²) in [5.74, 6) is 2.01. The standard InChI is InChI=1S/C26H28N4O3/c1-16-17(2)30(15-20-7-6-14-33-20)25(29-26(31)18-10-12-19(32-3)13-11-18)23(16)24-27-21-8-4-5-9-22(21)28-24/h4-5,8-13,20H,6-7,14-15H2,1-3H3,(H,27,28)(H,29,31)/t20-/m1/s1. The van der Waals surface area contributed by atoms with Gasteiger partial charge in [0.15, 0.2) is 0 Å². The van der Waals surface area contributed by atoms with Crippen molar-refractivity contribution in [1.82, 2.24) is 14.5 Å². The van der Waals surface area contributed by atoms with E-state index in [0.29, 0.717) is 17.9 Å². The lowest BCUT2D eigenvalue weighted by atomic mass is 10.1. The summed E-state index contributed by atoms with van der Waals surface area (Å²) in [4.78, 5) is 21.5. The Hall–Kier alpha value is -3.58. The Balaban J connectivity index is 1.59. The highest BCUT2D eigenvalue weighted by atomic mass is 16.5. The van der Waals surface area contributed by atoms with Crippen molar-refractivity contribution in [2.45, 2.75) is 39.3 Å². The molecule has 7 nitrogen and oxygen atoms in total. The zero-order valence-electron chi connectivity index (χ0n) is 19.1. The number of methoxy groups -OCH3 is 1. The van der Waals surface area contributed by atoms with Crippen molar-refractivity contribution >= 4 is 22.8 Å². The number of fused-ring (bicyclic) bond motifs is 1. The van der Waals surface area contributed by atoms with Crippen molar-refractivity contribution in [3.05, 3.63) is 65.4 Å². The number of anilines is 1. The largest absolute Gasteiger partial charge is 0.497 e. The molecule has 2 aromatic carbocycles. The number of imidazole rings is 1. The van der Waals surface area contributed by atoms with Crippen LogP contribution in [-0.2, 0) is 11.3 Å². The molecule has 3 heterocycles. The van der Waals surface area contributed by atoms with Gasteiger partial charge in [0.05, 0.1) is 36.4 Å². The lowest BCUT2D eigenvalue weighted by Crippen LogP contribution is -2.21. The van der Waals surface area contributed by atoms with Crippen molar-refractivity contribution in [3.8, 4) is 17.1 Å². The lowest BCUT2D eigenvalue weighted by molar-refractivity contribution is 0.0962. The summed E-state index contributed by atoms with van der Waals surface area (Å²) in [5.41, 5.74) is 5.49. The quantitative estimate of drug-likeness (QED) is 0.434. The van der Waals surface area contributed by atoms with E-state index in [1.54, 1.807) is 31.4 Å². The average Bonchev–Trinajstić information content (AvgIpc) is 3.55. The van der Waals surface area contributed by atoms with Gasteiger partial charge in [-0.15, -0.1) is 0 Å². The number of rotatable bonds is 6. The first kappa shape index (κ1) is 21.3. The van der Waals surface area contributed by atoms with Crippen LogP contribution in [-0.4, -0.2) is 40.3 Å². The van der Waals surface area contributed by atoms with Gasteiger partial charge in [0.25, 0.3) is 5.91 Å². The van der Waals surface area contributed by atoms with E-state index in [-0.39, 0.29) is 12.0 Å². The summed E-state index contributed by atoms with van der Waals surface area (Å²) in [5, 5.41) is 3.18. The molecule has 2 N–H and O–H groups in total. The predicted octanol–water partition coefficient (Wildman–Crippen LogP) is 5.09. The van der Waals surface area contributed by atoms with Gasteiger partial charge in [-0.25, -0.2) is 4.98 Å². The number of aromatic amines is 1. The minimum absolute atomic E-state index is 0.135. The molecular formula is C26H28N4O3. The number of nitrogens with one attached hydrogen (secondary N) is 2. The van der Waals surface area contributed by atoms with E-state index < -0.39 is 0 Å². The van der Waals surface area contributed by atoms with E-state index in [1.807, 2.05) is 24.3 Å². The van der Waals surface area contributed by atoms with Gasteiger partial charge in [-0.1, -0.05) is 12.1 Å². The topological polar surface area (TPSA) is 81.2 Å². The fourth-order valence-corrected chi connectivity index (χ4v) is 4.50. The average molecular weight is 445 g/mol. The van der Waals surface area contributed by atoms with Crippen LogP contribution in [0.2, 0.25) is 0 Å². The van der Waals surface area contributed by atoms with E-state index in [9.17, 15) is 4.79 Å². The minimum atomic E-state index is -0.180. The fraction of sp³-hybridized carbons (Fsp3) is 0.308. The monoisotopic (exact) mass is 444 g/mol. The zero-order chi connectivity index (χ0) is 22.9. The molecule has 1 aliphatic rings. The second kappa shape index (κ2) is 8.75. The first-order valence-corrected chi connectivity index (χ1v) is 11.3. The van der Waals surface area contributed by atoms with Crippen molar-refractivity contribution in [2.75, 3.05) is 19.0 Å². The summed E-state index contributed by atoms with van der Waals surface area (Å²) in [6, 6.07) is 15.1. The molecule has 0 bridgehead atoms. The number of ether oxygens (including phenoxy) is 2. The number of nitrogens with zero attached hydrogens (tertiary/aromatic N) is 2. The van der Waals surface area contributed by atoms with Crippen LogP contribution in [0.5, 0.6) is 5.75 Å². The van der Waals surface area contributed by atoms with Gasteiger partial charge < -0.3 is 24.3 Å². The summed E-state index contributed by atoms with van der Waals surface area (Å²) in [7, 11) is 1.61. The van der Waals surface area contributed by atoms with Gasteiger partial charge in [-0.05, 0) is 68.7 Å². The summed E-state index contributed by atoms with van der Waals surface area (Å²) in [6.07, 6.45) is 2.21. The van der Waals surface area contributed by atoms with Gasteiger partial charge in [-0.2, -0.15) is 0 Å². The van der Waals surface area contributed by atoms with Crippen LogP contribution in [0.1, 0.15) is 34.5 Å². The molecule has 33 heavy (non-hydrogen) atoms. The third kappa shape index (κ3) is 4.00. The highest BCUT2D eigenvalue weighted by molar-refractivity contribution is 6.06. The van der Waals surface area contributed by atoms with Crippen molar-refractivity contribution < 1.29 is 14.3 Å². The number of benzene rings is 2. The van der Waals surface area contributed by atoms with Crippen LogP contribution in [0.3, 0.4) is 0 Å². The van der Waals surface area contributed by atoms with Gasteiger partial charge >= 0.3 is 0 Å². The number of hydrogen-bond donors (Lipinski definition) is 2. The van der Waals surface area contributed by atoms with E-state index in [4.69, 9.17) is 14.5 Å². The molecule has 170 valence electrons. The van der Waals surface area contributed by atoms with Gasteiger partial charge in [0.1, 0.15) is 17.4 Å². The van der Waals surface area contributed by atoms with Crippen molar-refractivity contribution in [1.29, 1.82) is 0 Å². The summed E-state index contributed by atoms with van der Waals surface area (Å²) >= 11 is 0. The minimum Gasteiger partial charge on any atom is -0.497 e. The molecule has 0 spiro atoms. The second-order valence-corrected chi connectivity index (χ2v) is 8.46. The number of carbonyl (C=O) groups excluding carboxylic acids is 1. The number of aromatic nitrogens is 3. The number of hydrogen-bond acceptors (Lipinski definition) is 4. The molecule has 7 heteroatoms. The fourth-order valence-electron chi connectivity index (χ4n) is 4.50. The molecule has 0 saturated carbocycles. The van der Waals surface area contributed by atoms with Crippen LogP contribution in [0.15, 0.2) is 48.5 Å². The molecule has 1 amide bonds. The maximum atomic E-state index is 13.3. The highest BCUT2D eigenvalue weighted by Crippen LogP contribution is 2.37. The van der Waals surface area contributed by atoms with Crippen LogP contribution in [0, 0.1) is 13.8 Å². The molecular weight excluding hydrogens is 416 g/mol. The van der Waals surface area contributed by atoms with E-state index in [0.717, 1.165) is 58.9 Å². The molecule has 0 radical (unpaired) electrons. The molecule has 1 atom stereocenters.